The smallest absolute Gasteiger partial charge is 0.232 e. The first-order valence-corrected chi connectivity index (χ1v) is 12.0. The maximum Gasteiger partial charge on any atom is 0.232 e. The summed E-state index contributed by atoms with van der Waals surface area (Å²) in [5, 5.41) is 6.11. The normalized spacial score (nSPS) is 10.8. The van der Waals surface area contributed by atoms with Gasteiger partial charge in [0.15, 0.2) is 0 Å². The maximum absolute atomic E-state index is 13.1. The number of benzene rings is 4. The first-order valence-electron chi connectivity index (χ1n) is 12.0. The minimum atomic E-state index is -0.368. The minimum absolute atomic E-state index is 0.0415. The fourth-order valence-electron chi connectivity index (χ4n) is 4.29. The van der Waals surface area contributed by atoms with Gasteiger partial charge in [-0.2, -0.15) is 0 Å². The molecule has 0 saturated heterocycles. The predicted octanol–water partition coefficient (Wildman–Crippen LogP) is 5.27. The van der Waals surface area contributed by atoms with Crippen LogP contribution in [-0.2, 0) is 9.59 Å². The second kappa shape index (κ2) is 12.3. The highest BCUT2D eigenvalue weighted by molar-refractivity contribution is 5.88. The molecule has 4 nitrogen and oxygen atoms in total. The van der Waals surface area contributed by atoms with Gasteiger partial charge in [0.1, 0.15) is 0 Å². The van der Waals surface area contributed by atoms with Crippen LogP contribution in [0.3, 0.4) is 0 Å². The number of nitrogens with one attached hydrogen (secondary N) is 2. The van der Waals surface area contributed by atoms with Gasteiger partial charge in [-0.3, -0.25) is 9.59 Å². The van der Waals surface area contributed by atoms with Gasteiger partial charge in [0.2, 0.25) is 11.8 Å². The molecular weight excluding hydrogens is 432 g/mol. The highest BCUT2D eigenvalue weighted by Gasteiger charge is 2.23. The van der Waals surface area contributed by atoms with Crippen LogP contribution in [0.2, 0.25) is 0 Å². The third-order valence-electron chi connectivity index (χ3n) is 6.01. The summed E-state index contributed by atoms with van der Waals surface area (Å²) >= 11 is 0. The van der Waals surface area contributed by atoms with Crippen LogP contribution in [0.4, 0.5) is 0 Å². The number of hydrogen-bond donors (Lipinski definition) is 2. The molecule has 0 aliphatic rings. The van der Waals surface area contributed by atoms with Crippen LogP contribution in [0.15, 0.2) is 121 Å². The Balaban J connectivity index is 1.34. The molecule has 4 aromatic carbocycles. The van der Waals surface area contributed by atoms with Gasteiger partial charge in [0, 0.05) is 13.1 Å². The van der Waals surface area contributed by atoms with Crippen LogP contribution in [0, 0.1) is 0 Å². The molecule has 4 heteroatoms. The van der Waals surface area contributed by atoms with E-state index in [0.29, 0.717) is 19.5 Å². The number of carbonyl (C=O) groups is 2. The van der Waals surface area contributed by atoms with Crippen molar-refractivity contribution in [3.05, 3.63) is 144 Å². The standard InChI is InChI=1S/C31H30N2O2/c34-30(28(24-14-5-1-6-15-24)25-16-7-2-8-17-25)32-22-13-23-33-31(35)29(26-18-9-3-10-19-26)27-20-11-4-12-21-27/h1-12,14-21,28-29H,13,22-23H2,(H,32,34)(H,33,35). The van der Waals surface area contributed by atoms with Crippen molar-refractivity contribution in [2.45, 2.75) is 18.3 Å². The predicted molar refractivity (Wildman–Crippen MR) is 140 cm³/mol. The van der Waals surface area contributed by atoms with E-state index in [1.54, 1.807) is 0 Å². The number of carbonyl (C=O) groups excluding carboxylic acids is 2. The minimum Gasteiger partial charge on any atom is -0.355 e. The summed E-state index contributed by atoms with van der Waals surface area (Å²) in [5.74, 6) is -0.819. The molecule has 0 aliphatic carbocycles. The van der Waals surface area contributed by atoms with E-state index in [4.69, 9.17) is 0 Å². The maximum atomic E-state index is 13.1. The van der Waals surface area contributed by atoms with Crippen LogP contribution >= 0.6 is 0 Å². The molecule has 0 spiro atoms. The molecule has 176 valence electrons. The fraction of sp³-hybridized carbons (Fsp3) is 0.161. The van der Waals surface area contributed by atoms with Crippen molar-refractivity contribution < 1.29 is 9.59 Å². The summed E-state index contributed by atoms with van der Waals surface area (Å²) < 4.78 is 0. The Morgan fingerprint density at radius 2 is 0.714 bits per heavy atom. The molecule has 2 N–H and O–H groups in total. The van der Waals surface area contributed by atoms with E-state index >= 15 is 0 Å². The average molecular weight is 463 g/mol. The van der Waals surface area contributed by atoms with E-state index in [2.05, 4.69) is 10.6 Å². The monoisotopic (exact) mass is 462 g/mol. The van der Waals surface area contributed by atoms with E-state index < -0.39 is 0 Å². The fourth-order valence-corrected chi connectivity index (χ4v) is 4.29. The van der Waals surface area contributed by atoms with Crippen LogP contribution < -0.4 is 10.6 Å². The van der Waals surface area contributed by atoms with E-state index in [9.17, 15) is 9.59 Å². The summed E-state index contributed by atoms with van der Waals surface area (Å²) in [6.45, 7) is 0.966. The lowest BCUT2D eigenvalue weighted by Crippen LogP contribution is -2.35. The summed E-state index contributed by atoms with van der Waals surface area (Å²) in [7, 11) is 0. The number of hydrogen-bond acceptors (Lipinski definition) is 2. The zero-order chi connectivity index (χ0) is 24.3. The molecule has 0 radical (unpaired) electrons. The largest absolute Gasteiger partial charge is 0.355 e. The molecule has 0 aliphatic heterocycles. The van der Waals surface area contributed by atoms with Crippen LogP contribution in [-0.4, -0.2) is 24.9 Å². The SMILES string of the molecule is O=C(NCCCNC(=O)C(c1ccccc1)c1ccccc1)C(c1ccccc1)c1ccccc1. The Morgan fingerprint density at radius 1 is 0.457 bits per heavy atom. The van der Waals surface area contributed by atoms with Crippen molar-refractivity contribution in [2.24, 2.45) is 0 Å². The zero-order valence-electron chi connectivity index (χ0n) is 19.6. The van der Waals surface area contributed by atoms with E-state index in [-0.39, 0.29) is 23.7 Å². The topological polar surface area (TPSA) is 58.2 Å². The van der Waals surface area contributed by atoms with E-state index in [1.165, 1.54) is 0 Å². The van der Waals surface area contributed by atoms with Crippen molar-refractivity contribution in [1.82, 2.24) is 10.6 Å². The van der Waals surface area contributed by atoms with Gasteiger partial charge in [-0.05, 0) is 28.7 Å². The molecule has 0 aromatic heterocycles. The van der Waals surface area contributed by atoms with Crippen molar-refractivity contribution >= 4 is 11.8 Å². The van der Waals surface area contributed by atoms with Crippen molar-refractivity contribution in [1.29, 1.82) is 0 Å². The Hall–Kier alpha value is -4.18. The first-order chi connectivity index (χ1) is 17.2. The van der Waals surface area contributed by atoms with Gasteiger partial charge in [0.25, 0.3) is 0 Å². The third-order valence-corrected chi connectivity index (χ3v) is 6.01. The number of amides is 2. The molecule has 2 amide bonds. The summed E-state index contributed by atoms with van der Waals surface area (Å²) in [6, 6.07) is 39.2. The zero-order valence-corrected chi connectivity index (χ0v) is 19.6. The molecule has 0 bridgehead atoms. The summed E-state index contributed by atoms with van der Waals surface area (Å²) in [4.78, 5) is 26.2. The Kier molecular flexibility index (Phi) is 8.44. The Labute approximate surface area is 207 Å². The Morgan fingerprint density at radius 3 is 0.971 bits per heavy atom. The van der Waals surface area contributed by atoms with Crippen LogP contribution in [0.1, 0.15) is 40.5 Å². The molecule has 0 saturated carbocycles. The summed E-state index contributed by atoms with van der Waals surface area (Å²) in [6.07, 6.45) is 0.643. The van der Waals surface area contributed by atoms with Gasteiger partial charge < -0.3 is 10.6 Å². The van der Waals surface area contributed by atoms with Crippen molar-refractivity contribution in [3.8, 4) is 0 Å². The second-order valence-electron chi connectivity index (χ2n) is 8.44. The lowest BCUT2D eigenvalue weighted by molar-refractivity contribution is -0.122. The summed E-state index contributed by atoms with van der Waals surface area (Å²) in [5.41, 5.74) is 3.83. The van der Waals surface area contributed by atoms with E-state index in [1.807, 2.05) is 121 Å². The molecule has 0 atom stereocenters. The molecule has 35 heavy (non-hydrogen) atoms. The van der Waals surface area contributed by atoms with Gasteiger partial charge in [-0.25, -0.2) is 0 Å². The Bertz CT molecular complexity index is 1020. The van der Waals surface area contributed by atoms with Gasteiger partial charge >= 0.3 is 0 Å². The molecule has 0 heterocycles. The second-order valence-corrected chi connectivity index (χ2v) is 8.44. The molecular formula is C31H30N2O2. The highest BCUT2D eigenvalue weighted by Crippen LogP contribution is 2.25. The van der Waals surface area contributed by atoms with Crippen LogP contribution in [0.25, 0.3) is 0 Å². The van der Waals surface area contributed by atoms with Gasteiger partial charge in [-0.15, -0.1) is 0 Å². The molecule has 0 unspecified atom stereocenters. The van der Waals surface area contributed by atoms with Crippen LogP contribution in [0.5, 0.6) is 0 Å². The lowest BCUT2D eigenvalue weighted by atomic mass is 9.90. The lowest BCUT2D eigenvalue weighted by Gasteiger charge is -2.19. The van der Waals surface area contributed by atoms with Crippen molar-refractivity contribution in [3.63, 3.8) is 0 Å². The average Bonchev–Trinajstić information content (AvgIpc) is 2.91. The quantitative estimate of drug-likeness (QED) is 0.315. The molecule has 4 rings (SSSR count). The van der Waals surface area contributed by atoms with Gasteiger partial charge in [0.05, 0.1) is 11.8 Å². The van der Waals surface area contributed by atoms with Gasteiger partial charge in [-0.1, -0.05) is 121 Å². The van der Waals surface area contributed by atoms with E-state index in [0.717, 1.165) is 22.3 Å². The molecule has 4 aromatic rings. The van der Waals surface area contributed by atoms with Crippen molar-refractivity contribution in [2.75, 3.05) is 13.1 Å². The number of rotatable bonds is 10. The molecule has 0 fully saturated rings. The first kappa shape index (κ1) is 24.0. The highest BCUT2D eigenvalue weighted by atomic mass is 16.2. The third kappa shape index (κ3) is 6.45.